The van der Waals surface area contributed by atoms with Gasteiger partial charge in [-0.05, 0) is 36.8 Å². The number of hydrogen-bond acceptors (Lipinski definition) is 6. The van der Waals surface area contributed by atoms with Crippen molar-refractivity contribution >= 4 is 56.1 Å². The van der Waals surface area contributed by atoms with Crippen molar-refractivity contribution in [3.63, 3.8) is 0 Å². The van der Waals surface area contributed by atoms with E-state index in [0.29, 0.717) is 21.0 Å². The van der Waals surface area contributed by atoms with E-state index in [1.165, 1.54) is 18.4 Å². The van der Waals surface area contributed by atoms with Gasteiger partial charge in [0.25, 0.3) is 11.8 Å². The Balaban J connectivity index is 1.75. The van der Waals surface area contributed by atoms with E-state index >= 15 is 0 Å². The second kappa shape index (κ2) is 8.68. The van der Waals surface area contributed by atoms with E-state index in [1.807, 2.05) is 24.3 Å². The van der Waals surface area contributed by atoms with Gasteiger partial charge in [0.15, 0.2) is 0 Å². The summed E-state index contributed by atoms with van der Waals surface area (Å²) in [5, 5.41) is 19.0. The maximum absolute atomic E-state index is 12.2. The zero-order chi connectivity index (χ0) is 20.3. The Labute approximate surface area is 178 Å². The van der Waals surface area contributed by atoms with E-state index in [-0.39, 0.29) is 11.7 Å². The molecule has 0 radical (unpaired) electrons. The number of hydrogen-bond donors (Lipinski definition) is 3. The number of amides is 2. The van der Waals surface area contributed by atoms with Crippen LogP contribution in [0.4, 0.5) is 0 Å². The van der Waals surface area contributed by atoms with Gasteiger partial charge in [-0.2, -0.15) is 5.10 Å². The summed E-state index contributed by atoms with van der Waals surface area (Å²) in [6, 6.07) is 10.8. The Hall–Kier alpha value is -2.49. The molecule has 2 aromatic heterocycles. The van der Waals surface area contributed by atoms with Crippen molar-refractivity contribution in [2.45, 2.75) is 6.92 Å². The third kappa shape index (κ3) is 4.32. The Bertz CT molecular complexity index is 1050. The molecule has 3 N–H and O–H groups in total. The molecule has 2 amide bonds. The lowest BCUT2D eigenvalue weighted by Gasteiger charge is -2.03. The second-order valence-corrected chi connectivity index (χ2v) is 8.59. The molecule has 1 aromatic carbocycles. The maximum Gasteiger partial charge on any atom is 0.281 e. The van der Waals surface area contributed by atoms with Gasteiger partial charge in [0.1, 0.15) is 5.75 Å². The summed E-state index contributed by atoms with van der Waals surface area (Å²) in [6.07, 6.45) is 0. The van der Waals surface area contributed by atoms with Crippen molar-refractivity contribution in [1.29, 1.82) is 0 Å². The number of rotatable bonds is 5. The first-order valence-electron chi connectivity index (χ1n) is 8.14. The average molecular weight is 478 g/mol. The van der Waals surface area contributed by atoms with Crippen LogP contribution in [-0.4, -0.2) is 29.7 Å². The number of aromatic hydroxyl groups is 1. The predicted octanol–water partition coefficient (Wildman–Crippen LogP) is 4.46. The molecule has 0 aliphatic heterocycles. The smallest absolute Gasteiger partial charge is 0.281 e. The first-order chi connectivity index (χ1) is 13.4. The number of thiophene rings is 2. The zero-order valence-electron chi connectivity index (χ0n) is 14.9. The molecule has 3 rings (SSSR count). The largest absolute Gasteiger partial charge is 0.506 e. The van der Waals surface area contributed by atoms with Crippen LogP contribution in [0.15, 0.2) is 51.4 Å². The van der Waals surface area contributed by atoms with Crippen molar-refractivity contribution in [3.8, 4) is 16.2 Å². The lowest BCUT2D eigenvalue weighted by molar-refractivity contribution is 0.0955. The molecular formula is C19H16BrN3O3S2. The van der Waals surface area contributed by atoms with Gasteiger partial charge < -0.3 is 10.4 Å². The molecule has 6 nitrogen and oxygen atoms in total. The Morgan fingerprint density at radius 3 is 2.36 bits per heavy atom. The van der Waals surface area contributed by atoms with Crippen molar-refractivity contribution in [1.82, 2.24) is 10.7 Å². The number of hydrazone groups is 1. The van der Waals surface area contributed by atoms with Crippen LogP contribution in [0, 0.1) is 0 Å². The molecule has 144 valence electrons. The number of carbonyl (C=O) groups excluding carboxylic acids is 2. The van der Waals surface area contributed by atoms with Gasteiger partial charge in [-0.1, -0.05) is 28.1 Å². The van der Waals surface area contributed by atoms with E-state index in [0.717, 1.165) is 26.3 Å². The molecule has 0 unspecified atom stereocenters. The molecule has 0 aliphatic rings. The first-order valence-corrected chi connectivity index (χ1v) is 10.6. The Morgan fingerprint density at radius 1 is 1.07 bits per heavy atom. The molecule has 3 aromatic rings. The monoisotopic (exact) mass is 477 g/mol. The Kier molecular flexibility index (Phi) is 6.28. The highest BCUT2D eigenvalue weighted by Gasteiger charge is 2.16. The normalized spacial score (nSPS) is 11.3. The van der Waals surface area contributed by atoms with E-state index < -0.39 is 5.91 Å². The fraction of sp³-hybridized carbons (Fsp3) is 0.105. The number of carbonyl (C=O) groups is 2. The minimum atomic E-state index is -0.414. The molecule has 0 spiro atoms. The van der Waals surface area contributed by atoms with Crippen LogP contribution in [0.25, 0.3) is 10.4 Å². The van der Waals surface area contributed by atoms with Crippen molar-refractivity contribution in [2.75, 3.05) is 7.05 Å². The Morgan fingerprint density at radius 2 is 1.71 bits per heavy atom. The van der Waals surface area contributed by atoms with Gasteiger partial charge >= 0.3 is 0 Å². The summed E-state index contributed by atoms with van der Waals surface area (Å²) in [7, 11) is 1.53. The van der Waals surface area contributed by atoms with E-state index in [9.17, 15) is 14.7 Å². The quantitative estimate of drug-likeness (QED) is 0.374. The van der Waals surface area contributed by atoms with Gasteiger partial charge in [0.2, 0.25) is 0 Å². The molecule has 28 heavy (non-hydrogen) atoms. The van der Waals surface area contributed by atoms with Crippen LogP contribution in [0.5, 0.6) is 5.75 Å². The summed E-state index contributed by atoms with van der Waals surface area (Å²) in [4.78, 5) is 25.4. The van der Waals surface area contributed by atoms with Gasteiger partial charge in [-0.3, -0.25) is 9.59 Å². The number of benzene rings is 1. The van der Waals surface area contributed by atoms with Crippen LogP contribution in [0.2, 0.25) is 0 Å². The molecule has 0 aliphatic carbocycles. The van der Waals surface area contributed by atoms with E-state index in [2.05, 4.69) is 31.8 Å². The zero-order valence-corrected chi connectivity index (χ0v) is 18.2. The fourth-order valence-electron chi connectivity index (χ4n) is 2.37. The summed E-state index contributed by atoms with van der Waals surface area (Å²) in [5.74, 6) is -0.532. The lowest BCUT2D eigenvalue weighted by Crippen LogP contribution is -2.18. The fourth-order valence-corrected chi connectivity index (χ4v) is 4.49. The van der Waals surface area contributed by atoms with Crippen molar-refractivity contribution in [3.05, 3.63) is 61.6 Å². The standard InChI is InChI=1S/C19H16BrN3O3S2/c1-10(22-23-19(26)15-8-7-14(28-15)18(25)21-2)13-9-27-17(16(13)24)11-3-5-12(20)6-4-11/h3-9,24H,1-2H3,(H,21,25)(H,23,26)/b22-10+. The van der Waals surface area contributed by atoms with Gasteiger partial charge in [0.05, 0.1) is 25.9 Å². The van der Waals surface area contributed by atoms with Gasteiger partial charge in [0, 0.05) is 16.9 Å². The summed E-state index contributed by atoms with van der Waals surface area (Å²) >= 11 is 5.88. The first kappa shape index (κ1) is 20.2. The van der Waals surface area contributed by atoms with Crippen LogP contribution < -0.4 is 10.7 Å². The summed E-state index contributed by atoms with van der Waals surface area (Å²) < 4.78 is 0.959. The van der Waals surface area contributed by atoms with Gasteiger partial charge in [-0.15, -0.1) is 22.7 Å². The highest BCUT2D eigenvalue weighted by molar-refractivity contribution is 9.10. The molecule has 0 saturated carbocycles. The lowest BCUT2D eigenvalue weighted by atomic mass is 10.1. The number of nitrogens with one attached hydrogen (secondary N) is 2. The molecular weight excluding hydrogens is 462 g/mol. The molecule has 0 saturated heterocycles. The minimum absolute atomic E-state index is 0.126. The van der Waals surface area contributed by atoms with Crippen molar-refractivity contribution < 1.29 is 14.7 Å². The number of nitrogens with zero attached hydrogens (tertiary/aromatic N) is 1. The molecule has 0 atom stereocenters. The van der Waals surface area contributed by atoms with Crippen LogP contribution in [0.3, 0.4) is 0 Å². The number of halogens is 1. The third-order valence-corrected chi connectivity index (χ3v) is 6.50. The van der Waals surface area contributed by atoms with E-state index in [1.54, 1.807) is 24.4 Å². The molecule has 0 fully saturated rings. The molecule has 0 bridgehead atoms. The summed E-state index contributed by atoms with van der Waals surface area (Å²) in [5.41, 5.74) is 4.40. The van der Waals surface area contributed by atoms with Crippen LogP contribution in [-0.2, 0) is 0 Å². The van der Waals surface area contributed by atoms with Crippen LogP contribution in [0.1, 0.15) is 31.8 Å². The summed E-state index contributed by atoms with van der Waals surface area (Å²) in [6.45, 7) is 1.71. The van der Waals surface area contributed by atoms with Crippen molar-refractivity contribution in [2.24, 2.45) is 5.10 Å². The predicted molar refractivity (Wildman–Crippen MR) is 117 cm³/mol. The second-order valence-electron chi connectivity index (χ2n) is 5.72. The highest BCUT2D eigenvalue weighted by Crippen LogP contribution is 2.39. The topological polar surface area (TPSA) is 90.8 Å². The highest BCUT2D eigenvalue weighted by atomic mass is 79.9. The molecule has 9 heteroatoms. The van der Waals surface area contributed by atoms with E-state index in [4.69, 9.17) is 0 Å². The van der Waals surface area contributed by atoms with Crippen LogP contribution >= 0.6 is 38.6 Å². The van der Waals surface area contributed by atoms with Gasteiger partial charge in [-0.25, -0.2) is 5.43 Å². The average Bonchev–Trinajstić information content (AvgIpc) is 3.33. The minimum Gasteiger partial charge on any atom is -0.506 e. The third-order valence-electron chi connectivity index (χ3n) is 3.87. The molecule has 2 heterocycles. The maximum atomic E-state index is 12.2. The SMILES string of the molecule is CNC(=O)c1ccc(C(=O)N/N=C(\C)c2csc(-c3ccc(Br)cc3)c2O)s1.